The smallest absolute Gasteiger partial charge is 0.240 e. The van der Waals surface area contributed by atoms with E-state index in [1.807, 2.05) is 32.0 Å². The summed E-state index contributed by atoms with van der Waals surface area (Å²) in [6, 6.07) is 5.75. The van der Waals surface area contributed by atoms with Crippen LogP contribution in [0.25, 0.3) is 0 Å². The second-order valence-corrected chi connectivity index (χ2v) is 6.44. The highest BCUT2D eigenvalue weighted by molar-refractivity contribution is 5.85. The summed E-state index contributed by atoms with van der Waals surface area (Å²) < 4.78 is 17.0. The second-order valence-electron chi connectivity index (χ2n) is 6.44. The van der Waals surface area contributed by atoms with Crippen molar-refractivity contribution in [2.24, 2.45) is 0 Å². The van der Waals surface area contributed by atoms with E-state index in [1.54, 1.807) is 0 Å². The SMILES string of the molecule is Cc1ccc(CNC(=O)[C@H]2NCCO[C@@H]2C)c(OC2CCOC2)c1.Cl. The summed E-state index contributed by atoms with van der Waals surface area (Å²) >= 11 is 0. The van der Waals surface area contributed by atoms with Crippen LogP contribution in [0, 0.1) is 6.92 Å². The van der Waals surface area contributed by atoms with Gasteiger partial charge < -0.3 is 24.8 Å². The van der Waals surface area contributed by atoms with Crippen LogP contribution < -0.4 is 15.4 Å². The molecule has 0 aromatic heterocycles. The van der Waals surface area contributed by atoms with E-state index >= 15 is 0 Å². The van der Waals surface area contributed by atoms with Gasteiger partial charge in [0.15, 0.2) is 0 Å². The van der Waals surface area contributed by atoms with E-state index in [2.05, 4.69) is 10.6 Å². The third-order valence-corrected chi connectivity index (χ3v) is 4.46. The number of hydrogen-bond acceptors (Lipinski definition) is 5. The van der Waals surface area contributed by atoms with Gasteiger partial charge >= 0.3 is 0 Å². The molecule has 1 aromatic carbocycles. The topological polar surface area (TPSA) is 68.8 Å². The minimum absolute atomic E-state index is 0. The van der Waals surface area contributed by atoms with Crippen molar-refractivity contribution in [1.82, 2.24) is 10.6 Å². The highest BCUT2D eigenvalue weighted by atomic mass is 35.5. The van der Waals surface area contributed by atoms with Gasteiger partial charge in [0, 0.05) is 25.1 Å². The number of hydrogen-bond donors (Lipinski definition) is 2. The van der Waals surface area contributed by atoms with E-state index < -0.39 is 0 Å². The standard InChI is InChI=1S/C18H26N2O4.ClH/c1-12-3-4-14(16(9-12)24-15-5-7-22-11-15)10-20-18(21)17-13(2)23-8-6-19-17;/h3-4,9,13,15,17,19H,5-8,10-11H2,1-2H3,(H,20,21);1H/t13-,15?,17+;/m1./s1. The van der Waals surface area contributed by atoms with Crippen molar-refractivity contribution >= 4 is 18.3 Å². The van der Waals surface area contributed by atoms with E-state index in [9.17, 15) is 4.79 Å². The zero-order valence-corrected chi connectivity index (χ0v) is 15.6. The lowest BCUT2D eigenvalue weighted by atomic mass is 10.1. The zero-order valence-electron chi connectivity index (χ0n) is 14.7. The Balaban J connectivity index is 0.00000225. The number of carbonyl (C=O) groups is 1. The lowest BCUT2D eigenvalue weighted by Gasteiger charge is -2.29. The van der Waals surface area contributed by atoms with Gasteiger partial charge in [0.1, 0.15) is 17.9 Å². The van der Waals surface area contributed by atoms with Gasteiger partial charge in [0.25, 0.3) is 0 Å². The number of morpholine rings is 1. The summed E-state index contributed by atoms with van der Waals surface area (Å²) in [5.74, 6) is 0.782. The van der Waals surface area contributed by atoms with Crippen LogP contribution in [0.1, 0.15) is 24.5 Å². The van der Waals surface area contributed by atoms with Crippen LogP contribution in [0.15, 0.2) is 18.2 Å². The lowest BCUT2D eigenvalue weighted by Crippen LogP contribution is -2.55. The quantitative estimate of drug-likeness (QED) is 0.823. The van der Waals surface area contributed by atoms with Gasteiger partial charge in [-0.3, -0.25) is 4.79 Å². The number of benzene rings is 1. The van der Waals surface area contributed by atoms with E-state index in [0.717, 1.165) is 29.9 Å². The van der Waals surface area contributed by atoms with Gasteiger partial charge in [0.2, 0.25) is 5.91 Å². The molecule has 1 amide bonds. The van der Waals surface area contributed by atoms with Gasteiger partial charge in [-0.2, -0.15) is 0 Å². The lowest BCUT2D eigenvalue weighted by molar-refractivity contribution is -0.129. The van der Waals surface area contributed by atoms with Crippen LogP contribution in [0.3, 0.4) is 0 Å². The molecule has 3 atom stereocenters. The first-order valence-electron chi connectivity index (χ1n) is 8.60. The van der Waals surface area contributed by atoms with E-state index in [-0.39, 0.29) is 36.6 Å². The monoisotopic (exact) mass is 370 g/mol. The fourth-order valence-corrected chi connectivity index (χ4v) is 3.02. The Hall–Kier alpha value is -1.34. The molecule has 6 nitrogen and oxygen atoms in total. The third-order valence-electron chi connectivity index (χ3n) is 4.46. The fourth-order valence-electron chi connectivity index (χ4n) is 3.02. The number of halogens is 1. The number of aryl methyl sites for hydroxylation is 1. The van der Waals surface area contributed by atoms with Crippen molar-refractivity contribution in [2.45, 2.75) is 45.1 Å². The Morgan fingerprint density at radius 1 is 1.40 bits per heavy atom. The molecule has 0 spiro atoms. The molecule has 2 fully saturated rings. The summed E-state index contributed by atoms with van der Waals surface area (Å²) in [6.45, 7) is 7.09. The number of ether oxygens (including phenoxy) is 3. The van der Waals surface area contributed by atoms with Crippen molar-refractivity contribution in [1.29, 1.82) is 0 Å². The van der Waals surface area contributed by atoms with Crippen molar-refractivity contribution in [3.8, 4) is 5.75 Å². The average molecular weight is 371 g/mol. The van der Waals surface area contributed by atoms with Crippen molar-refractivity contribution in [2.75, 3.05) is 26.4 Å². The molecule has 0 bridgehead atoms. The van der Waals surface area contributed by atoms with Crippen LogP contribution in [0.4, 0.5) is 0 Å². The van der Waals surface area contributed by atoms with Crippen molar-refractivity contribution in [3.05, 3.63) is 29.3 Å². The number of amides is 1. The van der Waals surface area contributed by atoms with Crippen LogP contribution in [0.2, 0.25) is 0 Å². The normalized spacial score (nSPS) is 25.9. The molecule has 25 heavy (non-hydrogen) atoms. The first-order chi connectivity index (χ1) is 11.6. The van der Waals surface area contributed by atoms with Crippen LogP contribution in [-0.4, -0.2) is 50.5 Å². The molecule has 7 heteroatoms. The molecule has 2 saturated heterocycles. The van der Waals surface area contributed by atoms with E-state index in [0.29, 0.717) is 26.3 Å². The highest BCUT2D eigenvalue weighted by Gasteiger charge is 2.28. The predicted octanol–water partition coefficient (Wildman–Crippen LogP) is 1.58. The fraction of sp³-hybridized carbons (Fsp3) is 0.611. The summed E-state index contributed by atoms with van der Waals surface area (Å²) in [4.78, 5) is 12.4. The van der Waals surface area contributed by atoms with E-state index in [4.69, 9.17) is 14.2 Å². The molecule has 3 rings (SSSR count). The predicted molar refractivity (Wildman–Crippen MR) is 97.3 cm³/mol. The Kier molecular flexibility index (Phi) is 7.50. The van der Waals surface area contributed by atoms with Gasteiger partial charge in [-0.25, -0.2) is 0 Å². The zero-order chi connectivity index (χ0) is 16.9. The summed E-state index contributed by atoms with van der Waals surface area (Å²) in [7, 11) is 0. The van der Waals surface area contributed by atoms with Crippen LogP contribution in [0.5, 0.6) is 5.75 Å². The van der Waals surface area contributed by atoms with Gasteiger partial charge in [-0.05, 0) is 25.5 Å². The van der Waals surface area contributed by atoms with Crippen LogP contribution in [-0.2, 0) is 20.8 Å². The molecular formula is C18H27ClN2O4. The number of rotatable bonds is 5. The molecule has 2 N–H and O–H groups in total. The molecular weight excluding hydrogens is 344 g/mol. The molecule has 140 valence electrons. The van der Waals surface area contributed by atoms with Crippen molar-refractivity contribution in [3.63, 3.8) is 0 Å². The Bertz CT molecular complexity index is 578. The summed E-state index contributed by atoms with van der Waals surface area (Å²) in [5, 5.41) is 6.19. The maximum absolute atomic E-state index is 12.4. The van der Waals surface area contributed by atoms with Gasteiger partial charge in [-0.15, -0.1) is 12.4 Å². The molecule has 0 saturated carbocycles. The number of carbonyl (C=O) groups excluding carboxylic acids is 1. The summed E-state index contributed by atoms with van der Waals surface area (Å²) in [6.07, 6.45) is 0.874. The summed E-state index contributed by atoms with van der Waals surface area (Å²) in [5.41, 5.74) is 2.11. The Labute approximate surface area is 155 Å². The average Bonchev–Trinajstić information content (AvgIpc) is 3.07. The maximum atomic E-state index is 12.4. The maximum Gasteiger partial charge on any atom is 0.240 e. The molecule has 0 radical (unpaired) electrons. The molecule has 1 unspecified atom stereocenters. The molecule has 2 aliphatic rings. The van der Waals surface area contributed by atoms with Gasteiger partial charge in [0.05, 0.1) is 25.9 Å². The molecule has 1 aromatic rings. The largest absolute Gasteiger partial charge is 0.488 e. The molecule has 0 aliphatic carbocycles. The second kappa shape index (κ2) is 9.38. The number of nitrogens with one attached hydrogen (secondary N) is 2. The Morgan fingerprint density at radius 2 is 2.24 bits per heavy atom. The van der Waals surface area contributed by atoms with E-state index in [1.165, 1.54) is 0 Å². The molecule has 2 aliphatic heterocycles. The minimum atomic E-state index is -0.309. The van der Waals surface area contributed by atoms with Gasteiger partial charge in [-0.1, -0.05) is 12.1 Å². The Morgan fingerprint density at radius 3 is 2.96 bits per heavy atom. The first kappa shape index (κ1) is 20.0. The van der Waals surface area contributed by atoms with Crippen LogP contribution >= 0.6 is 12.4 Å². The first-order valence-corrected chi connectivity index (χ1v) is 8.60. The minimum Gasteiger partial charge on any atom is -0.488 e. The molecule has 2 heterocycles. The highest BCUT2D eigenvalue weighted by Crippen LogP contribution is 2.24. The van der Waals surface area contributed by atoms with Crippen molar-refractivity contribution < 1.29 is 19.0 Å². The third kappa shape index (κ3) is 5.31.